The van der Waals surface area contributed by atoms with E-state index in [1.165, 1.54) is 38.4 Å². The Balaban J connectivity index is 2.06. The smallest absolute Gasteiger partial charge is 0.0808 e. The fourth-order valence-corrected chi connectivity index (χ4v) is 1.71. The van der Waals surface area contributed by atoms with Crippen LogP contribution in [-0.4, -0.2) is 7.85 Å². The highest BCUT2D eigenvalue weighted by Gasteiger charge is 2.12. The second-order valence-electron chi connectivity index (χ2n) is 2.94. The van der Waals surface area contributed by atoms with Gasteiger partial charge in [-0.2, -0.15) is 0 Å². The van der Waals surface area contributed by atoms with Crippen molar-refractivity contribution in [3.63, 3.8) is 0 Å². The lowest BCUT2D eigenvalue weighted by Crippen LogP contribution is -1.90. The lowest BCUT2D eigenvalue weighted by Gasteiger charge is -2.03. The summed E-state index contributed by atoms with van der Waals surface area (Å²) in [7, 11) is 2.29. The maximum atomic E-state index is 2.29. The fourth-order valence-electron chi connectivity index (χ4n) is 1.71. The van der Waals surface area contributed by atoms with Gasteiger partial charge >= 0.3 is 0 Å². The minimum Gasteiger partial charge on any atom is -0.0808 e. The zero-order chi connectivity index (χ0) is 5.82. The Hall–Kier alpha value is 0.0649. The number of hydrogen-bond donors (Lipinski definition) is 0. The van der Waals surface area contributed by atoms with Crippen molar-refractivity contribution in [1.29, 1.82) is 0 Å². The molecule has 0 atom stereocenters. The van der Waals surface area contributed by atoms with E-state index >= 15 is 0 Å². The van der Waals surface area contributed by atoms with Gasteiger partial charge in [-0.05, 0) is 5.92 Å². The van der Waals surface area contributed by atoms with Crippen molar-refractivity contribution in [1.82, 2.24) is 0 Å². The molecule has 1 heteroatoms. The Morgan fingerprint density at radius 3 is 2.38 bits per heavy atom. The Kier molecular flexibility index (Phi) is 2.45. The van der Waals surface area contributed by atoms with Crippen LogP contribution in [0, 0.1) is 5.92 Å². The summed E-state index contributed by atoms with van der Waals surface area (Å²) < 4.78 is 0. The molecule has 0 amide bonds. The summed E-state index contributed by atoms with van der Waals surface area (Å²) in [5.74, 6) is 1.11. The lowest BCUT2D eigenvalue weighted by atomic mass is 9.92. The molecule has 0 heterocycles. The minimum atomic E-state index is 1.11. The first-order chi connectivity index (χ1) is 3.93. The molecule has 0 N–H and O–H groups in total. The first-order valence-corrected chi connectivity index (χ1v) is 3.93. The van der Waals surface area contributed by atoms with Crippen molar-refractivity contribution in [2.75, 3.05) is 0 Å². The molecular weight excluding hydrogens is 94.9 g/mol. The third kappa shape index (κ3) is 1.54. The van der Waals surface area contributed by atoms with Gasteiger partial charge in [0.15, 0.2) is 0 Å². The highest BCUT2D eigenvalue weighted by Crippen LogP contribution is 2.27. The van der Waals surface area contributed by atoms with Crippen LogP contribution in [-0.2, 0) is 0 Å². The monoisotopic (exact) mass is 110 g/mol. The Bertz CT molecular complexity index is 55.4. The summed E-state index contributed by atoms with van der Waals surface area (Å²) in [5, 5.41) is 0. The maximum absolute atomic E-state index is 2.29. The summed E-state index contributed by atoms with van der Waals surface area (Å²) in [6.45, 7) is 0. The molecule has 1 aliphatic carbocycles. The molecule has 46 valence electrons. The van der Waals surface area contributed by atoms with Gasteiger partial charge in [-0.15, -0.1) is 0 Å². The molecule has 1 aliphatic rings. The van der Waals surface area contributed by atoms with Crippen molar-refractivity contribution in [3.8, 4) is 0 Å². The largest absolute Gasteiger partial charge is 0.101 e. The van der Waals surface area contributed by atoms with Gasteiger partial charge in [-0.25, -0.2) is 0 Å². The second kappa shape index (κ2) is 3.16. The van der Waals surface area contributed by atoms with E-state index < -0.39 is 0 Å². The summed E-state index contributed by atoms with van der Waals surface area (Å²) in [6, 6.07) is 0. The quantitative estimate of drug-likeness (QED) is 0.474. The lowest BCUT2D eigenvalue weighted by molar-refractivity contribution is 0.530. The number of rotatable bonds is 2. The molecule has 0 spiro atoms. The molecule has 0 aromatic carbocycles. The van der Waals surface area contributed by atoms with E-state index in [9.17, 15) is 0 Å². The van der Waals surface area contributed by atoms with Gasteiger partial charge in [-0.3, -0.25) is 0 Å². The predicted octanol–water partition coefficient (Wildman–Crippen LogP) is 1.62. The van der Waals surface area contributed by atoms with Crippen LogP contribution in [0.15, 0.2) is 0 Å². The van der Waals surface area contributed by atoms with E-state index in [0.29, 0.717) is 0 Å². The van der Waals surface area contributed by atoms with Gasteiger partial charge in [0.05, 0.1) is 0 Å². The molecule has 0 nitrogen and oxygen atoms in total. The molecule has 0 radical (unpaired) electrons. The van der Waals surface area contributed by atoms with E-state index in [-0.39, 0.29) is 0 Å². The molecule has 0 aromatic rings. The van der Waals surface area contributed by atoms with Crippen molar-refractivity contribution in [3.05, 3.63) is 0 Å². The van der Waals surface area contributed by atoms with Crippen LogP contribution in [0.2, 0.25) is 6.32 Å². The summed E-state index contributed by atoms with van der Waals surface area (Å²) in [5.41, 5.74) is 0. The molecule has 1 fully saturated rings. The van der Waals surface area contributed by atoms with Crippen molar-refractivity contribution >= 4 is 7.85 Å². The Morgan fingerprint density at radius 2 is 1.88 bits per heavy atom. The molecule has 0 bridgehead atoms. The summed E-state index contributed by atoms with van der Waals surface area (Å²) in [6.07, 6.45) is 8.93. The van der Waals surface area contributed by atoms with Crippen LogP contribution < -0.4 is 0 Å². The predicted molar refractivity (Wildman–Crippen MR) is 39.9 cm³/mol. The molecule has 1 rings (SSSR count). The van der Waals surface area contributed by atoms with Gasteiger partial charge in [-0.1, -0.05) is 38.4 Å². The number of hydrogen-bond acceptors (Lipinski definition) is 0. The van der Waals surface area contributed by atoms with Crippen LogP contribution in [0.1, 0.15) is 32.1 Å². The van der Waals surface area contributed by atoms with Gasteiger partial charge in [0.25, 0.3) is 0 Å². The van der Waals surface area contributed by atoms with Crippen molar-refractivity contribution in [2.24, 2.45) is 5.92 Å². The molecule has 0 unspecified atom stereocenters. The Labute approximate surface area is 53.1 Å². The van der Waals surface area contributed by atoms with E-state index in [0.717, 1.165) is 5.92 Å². The minimum absolute atomic E-state index is 1.11. The third-order valence-corrected chi connectivity index (χ3v) is 2.17. The topological polar surface area (TPSA) is 0 Å². The Morgan fingerprint density at radius 1 is 1.25 bits per heavy atom. The first kappa shape index (κ1) is 6.19. The fraction of sp³-hybridized carbons (Fsp3) is 1.00. The first-order valence-electron chi connectivity index (χ1n) is 3.93. The van der Waals surface area contributed by atoms with Gasteiger partial charge in [0.1, 0.15) is 7.85 Å². The zero-order valence-electron chi connectivity index (χ0n) is 5.82. The summed E-state index contributed by atoms with van der Waals surface area (Å²) in [4.78, 5) is 0. The van der Waals surface area contributed by atoms with E-state index in [2.05, 4.69) is 7.85 Å². The van der Waals surface area contributed by atoms with Crippen LogP contribution in [0.5, 0.6) is 0 Å². The third-order valence-electron chi connectivity index (χ3n) is 2.17. The molecule has 8 heavy (non-hydrogen) atoms. The highest BCUT2D eigenvalue weighted by molar-refractivity contribution is 6.08. The van der Waals surface area contributed by atoms with Gasteiger partial charge in [0, 0.05) is 0 Å². The highest BCUT2D eigenvalue weighted by atomic mass is 14.2. The van der Waals surface area contributed by atoms with Crippen LogP contribution in [0.3, 0.4) is 0 Å². The average Bonchev–Trinajstić information content (AvgIpc) is 2.19. The standard InChI is InChI=1S/C7H15B/c8-6-5-7-3-1-2-4-7/h7H,1-6,8H2. The molecule has 0 aromatic heterocycles. The van der Waals surface area contributed by atoms with Crippen molar-refractivity contribution in [2.45, 2.75) is 38.4 Å². The zero-order valence-corrected chi connectivity index (χ0v) is 5.82. The second-order valence-corrected chi connectivity index (χ2v) is 2.94. The molecule has 0 aliphatic heterocycles. The van der Waals surface area contributed by atoms with Gasteiger partial charge < -0.3 is 0 Å². The van der Waals surface area contributed by atoms with Crippen LogP contribution in [0.25, 0.3) is 0 Å². The molecule has 1 saturated carbocycles. The van der Waals surface area contributed by atoms with E-state index in [1.54, 1.807) is 0 Å². The van der Waals surface area contributed by atoms with Crippen LogP contribution >= 0.6 is 0 Å². The normalized spacial score (nSPS) is 22.0. The molecule has 0 saturated heterocycles. The summed E-state index contributed by atoms with van der Waals surface area (Å²) >= 11 is 0. The van der Waals surface area contributed by atoms with Crippen molar-refractivity contribution < 1.29 is 0 Å². The molecular formula is C7H15B. The van der Waals surface area contributed by atoms with E-state index in [4.69, 9.17) is 0 Å². The van der Waals surface area contributed by atoms with E-state index in [1.807, 2.05) is 0 Å². The maximum Gasteiger partial charge on any atom is 0.101 e. The van der Waals surface area contributed by atoms with Crippen LogP contribution in [0.4, 0.5) is 0 Å². The average molecular weight is 110 g/mol. The van der Waals surface area contributed by atoms with Gasteiger partial charge in [0.2, 0.25) is 0 Å². The SMILES string of the molecule is BCCC1CCCC1.